The summed E-state index contributed by atoms with van der Waals surface area (Å²) in [6.45, 7) is 0. The van der Waals surface area contributed by atoms with E-state index in [0.717, 1.165) is 0 Å². The SMILES string of the molecule is c1ccc2c(-c3c4ccccc4c(-c4cc(-c5c6ccccc6c(-c6cccc7ccccc67)c6ccccc56)cc(-c5c6ccccc6c(-c6cccc7ccccc67)c6ccccc56)c4)c4ccccc34)cccc2c1. The van der Waals surface area contributed by atoms with Crippen LogP contribution in [-0.4, -0.2) is 0 Å². The molecule has 0 radical (unpaired) electrons. The maximum absolute atomic E-state index is 2.51. The summed E-state index contributed by atoms with van der Waals surface area (Å²) in [7, 11) is 0. The molecular weight excluding hydrogens is 937 g/mol. The molecule has 0 aliphatic rings. The molecule has 0 saturated carbocycles. The first-order valence-corrected chi connectivity index (χ1v) is 27.2. The Bertz CT molecular complexity index is 4440. The van der Waals surface area contributed by atoms with E-state index in [1.165, 1.54) is 164 Å². The Hall–Kier alpha value is -10.1. The second-order valence-electron chi connectivity index (χ2n) is 20.9. The van der Waals surface area contributed by atoms with Gasteiger partial charge >= 0.3 is 0 Å². The minimum absolute atomic E-state index is 1.18. The number of hydrogen-bond donors (Lipinski definition) is 0. The van der Waals surface area contributed by atoms with Gasteiger partial charge in [0.2, 0.25) is 0 Å². The average molecular weight is 985 g/mol. The van der Waals surface area contributed by atoms with E-state index >= 15 is 0 Å². The highest BCUT2D eigenvalue weighted by atomic mass is 14.3. The van der Waals surface area contributed by atoms with Crippen molar-refractivity contribution in [2.24, 2.45) is 0 Å². The fraction of sp³-hybridized carbons (Fsp3) is 0. The van der Waals surface area contributed by atoms with Crippen LogP contribution in [-0.2, 0) is 0 Å². The van der Waals surface area contributed by atoms with Gasteiger partial charge in [0, 0.05) is 0 Å². The predicted octanol–water partition coefficient (Wildman–Crippen LogP) is 22.1. The number of hydrogen-bond acceptors (Lipinski definition) is 0. The van der Waals surface area contributed by atoms with Crippen LogP contribution >= 0.6 is 0 Å². The molecular formula is C78H48. The molecule has 0 fully saturated rings. The Labute approximate surface area is 452 Å². The highest BCUT2D eigenvalue weighted by Crippen LogP contribution is 2.52. The van der Waals surface area contributed by atoms with E-state index in [4.69, 9.17) is 0 Å². The molecule has 78 heavy (non-hydrogen) atoms. The lowest BCUT2D eigenvalue weighted by molar-refractivity contribution is 1.63. The van der Waals surface area contributed by atoms with Gasteiger partial charge in [-0.25, -0.2) is 0 Å². The molecule has 0 nitrogen and oxygen atoms in total. The Kier molecular flexibility index (Phi) is 10.0. The molecule has 16 aromatic rings. The minimum Gasteiger partial charge on any atom is -0.0616 e. The summed E-state index contributed by atoms with van der Waals surface area (Å²) in [4.78, 5) is 0. The summed E-state index contributed by atoms with van der Waals surface area (Å²) in [5.41, 5.74) is 14.8. The van der Waals surface area contributed by atoms with Gasteiger partial charge in [-0.15, -0.1) is 0 Å². The zero-order chi connectivity index (χ0) is 51.3. The number of rotatable bonds is 6. The van der Waals surface area contributed by atoms with Crippen molar-refractivity contribution in [1.29, 1.82) is 0 Å². The molecule has 16 aromatic carbocycles. The molecule has 0 unspecified atom stereocenters. The average Bonchev–Trinajstić information content (AvgIpc) is 3.70. The van der Waals surface area contributed by atoms with E-state index in [0.29, 0.717) is 0 Å². The van der Waals surface area contributed by atoms with Crippen molar-refractivity contribution < 1.29 is 0 Å². The fourth-order valence-electron chi connectivity index (χ4n) is 13.6. The Balaban J connectivity index is 1.06. The quantitative estimate of drug-likeness (QED) is 0.146. The molecule has 0 atom stereocenters. The second kappa shape index (κ2) is 17.7. The largest absolute Gasteiger partial charge is 0.0616 e. The van der Waals surface area contributed by atoms with Gasteiger partial charge in [-0.3, -0.25) is 0 Å². The summed E-state index contributed by atoms with van der Waals surface area (Å²) in [6.07, 6.45) is 0. The third-order valence-electron chi connectivity index (χ3n) is 16.8. The maximum atomic E-state index is 2.51. The van der Waals surface area contributed by atoms with Gasteiger partial charge in [0.1, 0.15) is 0 Å². The van der Waals surface area contributed by atoms with Crippen LogP contribution < -0.4 is 0 Å². The lowest BCUT2D eigenvalue weighted by atomic mass is 9.80. The predicted molar refractivity (Wildman–Crippen MR) is 337 cm³/mol. The lowest BCUT2D eigenvalue weighted by Crippen LogP contribution is -1.95. The van der Waals surface area contributed by atoms with Crippen LogP contribution in [0.5, 0.6) is 0 Å². The molecule has 0 bridgehead atoms. The van der Waals surface area contributed by atoms with E-state index < -0.39 is 0 Å². The van der Waals surface area contributed by atoms with Crippen LogP contribution in [0.3, 0.4) is 0 Å². The molecule has 0 saturated heterocycles. The minimum atomic E-state index is 1.18. The van der Waals surface area contributed by atoms with Gasteiger partial charge in [-0.1, -0.05) is 273 Å². The van der Waals surface area contributed by atoms with Gasteiger partial charge in [0.15, 0.2) is 0 Å². The van der Waals surface area contributed by atoms with E-state index in [9.17, 15) is 0 Å². The van der Waals surface area contributed by atoms with Crippen molar-refractivity contribution in [2.45, 2.75) is 0 Å². The summed E-state index contributed by atoms with van der Waals surface area (Å²) < 4.78 is 0. The highest BCUT2D eigenvalue weighted by Gasteiger charge is 2.24. The zero-order valence-electron chi connectivity index (χ0n) is 42.7. The van der Waals surface area contributed by atoms with Crippen molar-refractivity contribution in [3.8, 4) is 66.8 Å². The van der Waals surface area contributed by atoms with Gasteiger partial charge < -0.3 is 0 Å². The topological polar surface area (TPSA) is 0 Å². The number of benzene rings is 16. The first-order valence-electron chi connectivity index (χ1n) is 27.2. The van der Waals surface area contributed by atoms with Crippen molar-refractivity contribution in [1.82, 2.24) is 0 Å². The van der Waals surface area contributed by atoms with Gasteiger partial charge in [0.05, 0.1) is 0 Å². The zero-order valence-corrected chi connectivity index (χ0v) is 42.7. The summed E-state index contributed by atoms with van der Waals surface area (Å²) in [6, 6.07) is 109. The van der Waals surface area contributed by atoms with Crippen LogP contribution in [0.4, 0.5) is 0 Å². The van der Waals surface area contributed by atoms with Crippen molar-refractivity contribution in [3.05, 3.63) is 291 Å². The molecule has 16 rings (SSSR count). The molecule has 0 N–H and O–H groups in total. The van der Waals surface area contributed by atoms with Crippen molar-refractivity contribution in [3.63, 3.8) is 0 Å². The van der Waals surface area contributed by atoms with Crippen LogP contribution in [0.15, 0.2) is 291 Å². The van der Waals surface area contributed by atoms with E-state index in [-0.39, 0.29) is 0 Å². The molecule has 0 heterocycles. The molecule has 0 spiro atoms. The van der Waals surface area contributed by atoms with Crippen LogP contribution in [0, 0.1) is 0 Å². The molecule has 0 aliphatic heterocycles. The monoisotopic (exact) mass is 984 g/mol. The summed E-state index contributed by atoms with van der Waals surface area (Å²) >= 11 is 0. The lowest BCUT2D eigenvalue weighted by Gasteiger charge is -2.23. The smallest absolute Gasteiger partial charge is 0.00201 e. The first-order chi connectivity index (χ1) is 38.7. The standard InChI is InChI=1S/C78H48/c1-4-28-55-49(22-1)25-19-43-58(55)76-67-37-13-7-31-61(67)73(62-32-8-14-38-68(62)76)52-46-53(74-63-33-9-15-39-69(63)77(70-40-16-10-34-64(70)74)59-44-20-26-50-23-2-5-29-56(50)59)48-54(47-52)75-65-35-11-17-41-71(65)78(72-42-18-12-36-66(72)75)60-45-21-27-51-24-3-6-30-57(51)60/h1-48H. The fourth-order valence-corrected chi connectivity index (χ4v) is 13.6. The number of fused-ring (bicyclic) bond motifs is 9. The maximum Gasteiger partial charge on any atom is -0.00201 e. The molecule has 0 heteroatoms. The Morgan fingerprint density at radius 2 is 0.295 bits per heavy atom. The van der Waals surface area contributed by atoms with Crippen molar-refractivity contribution in [2.75, 3.05) is 0 Å². The summed E-state index contributed by atoms with van der Waals surface area (Å²) in [5.74, 6) is 0. The van der Waals surface area contributed by atoms with Crippen LogP contribution in [0.25, 0.3) is 164 Å². The molecule has 0 amide bonds. The normalized spacial score (nSPS) is 11.8. The van der Waals surface area contributed by atoms with Gasteiger partial charge in [-0.2, -0.15) is 0 Å². The third kappa shape index (κ3) is 6.73. The van der Waals surface area contributed by atoms with E-state index in [1.54, 1.807) is 0 Å². The Morgan fingerprint density at radius 3 is 0.513 bits per heavy atom. The van der Waals surface area contributed by atoms with E-state index in [2.05, 4.69) is 291 Å². The van der Waals surface area contributed by atoms with E-state index in [1.807, 2.05) is 0 Å². The summed E-state index contributed by atoms with van der Waals surface area (Å²) in [5, 5.41) is 22.2. The van der Waals surface area contributed by atoms with Crippen LogP contribution in [0.2, 0.25) is 0 Å². The van der Waals surface area contributed by atoms with Crippen LogP contribution in [0.1, 0.15) is 0 Å². The first kappa shape index (κ1) is 44.2. The van der Waals surface area contributed by atoms with Gasteiger partial charge in [0.25, 0.3) is 0 Å². The molecule has 360 valence electrons. The Morgan fingerprint density at radius 1 is 0.128 bits per heavy atom. The second-order valence-corrected chi connectivity index (χ2v) is 20.9. The molecule has 0 aliphatic carbocycles. The molecule has 0 aromatic heterocycles. The third-order valence-corrected chi connectivity index (χ3v) is 16.8. The van der Waals surface area contributed by atoms with Gasteiger partial charge in [-0.05, 0) is 182 Å². The highest BCUT2D eigenvalue weighted by molar-refractivity contribution is 6.28. The van der Waals surface area contributed by atoms with Crippen molar-refractivity contribution >= 4 is 97.0 Å².